The van der Waals surface area contributed by atoms with E-state index in [0.29, 0.717) is 23.5 Å². The molecular weight excluding hydrogens is 408 g/mol. The molecule has 2 heterocycles. The van der Waals surface area contributed by atoms with Crippen molar-refractivity contribution in [3.05, 3.63) is 11.8 Å². The normalized spacial score (nSPS) is 20.9. The molecule has 2 rings (SSSR count). The number of carboxylic acid groups (broad SMARTS) is 1. The van der Waals surface area contributed by atoms with Gasteiger partial charge in [0.1, 0.15) is 18.3 Å². The number of carbonyl (C=O) groups is 2. The molecule has 30 heavy (non-hydrogen) atoms. The average molecular weight is 442 g/mol. The van der Waals surface area contributed by atoms with Crippen molar-refractivity contribution in [3.63, 3.8) is 0 Å². The van der Waals surface area contributed by atoms with Crippen molar-refractivity contribution in [2.24, 2.45) is 5.73 Å². The Balaban J connectivity index is 1.99. The monoisotopic (exact) mass is 441 g/mol. The van der Waals surface area contributed by atoms with Crippen molar-refractivity contribution in [1.29, 1.82) is 0 Å². The van der Waals surface area contributed by atoms with Gasteiger partial charge in [0.25, 0.3) is 5.88 Å². The van der Waals surface area contributed by atoms with Crippen LogP contribution in [0.5, 0.6) is 5.88 Å². The molecule has 1 aliphatic heterocycles. The number of likely N-dealkylation sites (N-methyl/N-ethyl adjacent to an activating group) is 1. The van der Waals surface area contributed by atoms with Crippen LogP contribution < -0.4 is 10.5 Å². The van der Waals surface area contributed by atoms with E-state index in [1.165, 1.54) is 12.8 Å². The van der Waals surface area contributed by atoms with Gasteiger partial charge in [0, 0.05) is 18.9 Å². The molecule has 0 amide bonds. The molecule has 9 nitrogen and oxygen atoms in total. The molecule has 0 aliphatic carbocycles. The van der Waals surface area contributed by atoms with Crippen molar-refractivity contribution in [2.75, 3.05) is 26.7 Å². The number of ether oxygens (including phenoxy) is 2. The molecule has 10 heteroatoms. The molecule has 168 valence electrons. The summed E-state index contributed by atoms with van der Waals surface area (Å²) in [5.74, 6) is -1.27. The smallest absolute Gasteiger partial charge is 0.328 e. The van der Waals surface area contributed by atoms with E-state index in [-0.39, 0.29) is 0 Å². The molecule has 0 spiro atoms. The van der Waals surface area contributed by atoms with Crippen LogP contribution in [0.3, 0.4) is 0 Å². The van der Waals surface area contributed by atoms with Gasteiger partial charge in [0.15, 0.2) is 0 Å². The molecule has 0 bridgehead atoms. The zero-order valence-corrected chi connectivity index (χ0v) is 18.8. The predicted octanol–water partition coefficient (Wildman–Crippen LogP) is 2.42. The maximum absolute atomic E-state index is 12.2. The first-order chi connectivity index (χ1) is 14.3. The van der Waals surface area contributed by atoms with E-state index in [9.17, 15) is 9.59 Å². The van der Waals surface area contributed by atoms with E-state index in [1.54, 1.807) is 6.92 Å². The van der Waals surface area contributed by atoms with E-state index in [0.717, 1.165) is 48.8 Å². The third-order valence-electron chi connectivity index (χ3n) is 5.42. The summed E-state index contributed by atoms with van der Waals surface area (Å²) in [6.45, 7) is 5.97. The number of hydrogen-bond donors (Lipinski definition) is 2. The minimum atomic E-state index is -1.17. The number of quaternary nitrogens is 1. The van der Waals surface area contributed by atoms with E-state index in [2.05, 4.69) is 21.7 Å². The third kappa shape index (κ3) is 6.75. The molecule has 3 N–H and O–H groups in total. The van der Waals surface area contributed by atoms with E-state index in [1.807, 2.05) is 7.05 Å². The molecule has 0 saturated carbocycles. The molecule has 1 aromatic heterocycles. The highest BCUT2D eigenvalue weighted by molar-refractivity contribution is 6.99. The number of hydrogen-bond acceptors (Lipinski definition) is 8. The molecule has 3 atom stereocenters. The third-order valence-corrected chi connectivity index (χ3v) is 5.93. The Hall–Kier alpha value is -2.04. The van der Waals surface area contributed by atoms with E-state index >= 15 is 0 Å². The summed E-state index contributed by atoms with van der Waals surface area (Å²) in [4.78, 5) is 22.9. The molecule has 0 fully saturated rings. The van der Waals surface area contributed by atoms with Crippen LogP contribution >= 0.6 is 11.7 Å². The first-order valence-electron chi connectivity index (χ1n) is 10.4. The van der Waals surface area contributed by atoms with Gasteiger partial charge in [-0.05, 0) is 6.42 Å². The van der Waals surface area contributed by atoms with Crippen LogP contribution in [0.4, 0.5) is 0 Å². The van der Waals surface area contributed by atoms with Gasteiger partial charge in [0.2, 0.25) is 6.23 Å². The summed E-state index contributed by atoms with van der Waals surface area (Å²) in [7, 11) is 2.00. The second kappa shape index (κ2) is 11.4. The fraction of sp³-hybridized carbons (Fsp3) is 0.700. The fourth-order valence-corrected chi connectivity index (χ4v) is 3.90. The lowest BCUT2D eigenvalue weighted by molar-refractivity contribution is -0.944. The van der Waals surface area contributed by atoms with Crippen molar-refractivity contribution in [1.82, 2.24) is 8.75 Å². The molecule has 0 radical (unpaired) electrons. The standard InChI is InChI=1S/C20H32N4O5S/c1-4-5-6-7-11-28-19-18(22-30-23-19)15-9-8-10-24(3,13-15)14(2)29-20(27)16(21)12-17(25)26/h9,14,16H,4-8,10-13,21H2,1-3H3/p+1/t14-,16+,24?/m1/s1. The number of unbranched alkanes of at least 4 members (excludes halogenated alkanes) is 3. The molecule has 1 unspecified atom stereocenters. The van der Waals surface area contributed by atoms with Gasteiger partial charge in [-0.1, -0.05) is 32.3 Å². The number of carboxylic acids is 1. The van der Waals surface area contributed by atoms with Gasteiger partial charge in [-0.15, -0.1) is 4.37 Å². The molecule has 1 aromatic rings. The maximum Gasteiger partial charge on any atom is 0.328 e. The van der Waals surface area contributed by atoms with Gasteiger partial charge >= 0.3 is 11.9 Å². The highest BCUT2D eigenvalue weighted by atomic mass is 32.1. The van der Waals surface area contributed by atoms with Crippen LogP contribution in [0.1, 0.15) is 58.1 Å². The van der Waals surface area contributed by atoms with Crippen molar-refractivity contribution < 1.29 is 28.7 Å². The molecule has 0 aromatic carbocycles. The van der Waals surface area contributed by atoms with Crippen LogP contribution in [0.2, 0.25) is 0 Å². The van der Waals surface area contributed by atoms with Crippen molar-refractivity contribution in [3.8, 4) is 5.88 Å². The average Bonchev–Trinajstić information content (AvgIpc) is 3.16. The first kappa shape index (κ1) is 24.2. The summed E-state index contributed by atoms with van der Waals surface area (Å²) >= 11 is 1.13. The Morgan fingerprint density at radius 2 is 2.10 bits per heavy atom. The SMILES string of the molecule is CCCCCCOc1nsnc1C1=CCC[N+](C)([C@@H](C)OC(=O)[C@@H](N)CC(=O)O)C1. The lowest BCUT2D eigenvalue weighted by atomic mass is 10.0. The Morgan fingerprint density at radius 3 is 2.80 bits per heavy atom. The van der Waals surface area contributed by atoms with Gasteiger partial charge < -0.3 is 20.3 Å². The highest BCUT2D eigenvalue weighted by Crippen LogP contribution is 2.31. The van der Waals surface area contributed by atoms with Gasteiger partial charge in [-0.2, -0.15) is 4.37 Å². The molecule has 0 saturated heterocycles. The summed E-state index contributed by atoms with van der Waals surface area (Å²) in [6, 6.07) is -1.17. The summed E-state index contributed by atoms with van der Waals surface area (Å²) in [5, 5.41) is 8.81. The lowest BCUT2D eigenvalue weighted by Crippen LogP contribution is -2.56. The quantitative estimate of drug-likeness (QED) is 0.288. The maximum atomic E-state index is 12.2. The number of esters is 1. The molecular formula is C20H33N4O5S+. The number of carbonyl (C=O) groups excluding carboxylic acids is 1. The molecule has 1 aliphatic rings. The second-order valence-electron chi connectivity index (χ2n) is 7.95. The van der Waals surface area contributed by atoms with Crippen LogP contribution in [0, 0.1) is 0 Å². The number of aliphatic carboxylic acids is 1. The van der Waals surface area contributed by atoms with Crippen LogP contribution in [-0.2, 0) is 14.3 Å². The van der Waals surface area contributed by atoms with E-state index < -0.39 is 30.6 Å². The Morgan fingerprint density at radius 1 is 1.33 bits per heavy atom. The topological polar surface area (TPSA) is 125 Å². The van der Waals surface area contributed by atoms with Crippen LogP contribution in [0.15, 0.2) is 6.08 Å². The summed E-state index contributed by atoms with van der Waals surface area (Å²) in [6.07, 6.45) is 6.48. The summed E-state index contributed by atoms with van der Waals surface area (Å²) in [5.41, 5.74) is 7.40. The van der Waals surface area contributed by atoms with Crippen molar-refractivity contribution >= 4 is 29.2 Å². The number of nitrogens with two attached hydrogens (primary N) is 1. The van der Waals surface area contributed by atoms with Gasteiger partial charge in [-0.3, -0.25) is 14.1 Å². The Kier molecular flexibility index (Phi) is 9.19. The minimum Gasteiger partial charge on any atom is -0.481 e. The zero-order chi connectivity index (χ0) is 22.1. The first-order valence-corrected chi connectivity index (χ1v) is 11.2. The Labute approximate surface area is 181 Å². The minimum absolute atomic E-state index is 0.449. The van der Waals surface area contributed by atoms with Crippen molar-refractivity contribution in [2.45, 2.75) is 64.6 Å². The van der Waals surface area contributed by atoms with Gasteiger partial charge in [-0.25, -0.2) is 0 Å². The number of aromatic nitrogens is 2. The largest absolute Gasteiger partial charge is 0.481 e. The number of nitrogens with zero attached hydrogens (tertiary/aromatic N) is 3. The second-order valence-corrected chi connectivity index (χ2v) is 8.48. The summed E-state index contributed by atoms with van der Waals surface area (Å²) < 4.78 is 20.6. The predicted molar refractivity (Wildman–Crippen MR) is 114 cm³/mol. The highest BCUT2D eigenvalue weighted by Gasteiger charge is 2.37. The van der Waals surface area contributed by atoms with Crippen LogP contribution in [0.25, 0.3) is 5.57 Å². The number of rotatable bonds is 12. The lowest BCUT2D eigenvalue weighted by Gasteiger charge is -2.41. The Bertz CT molecular complexity index is 753. The van der Waals surface area contributed by atoms with Gasteiger partial charge in [0.05, 0.1) is 38.3 Å². The zero-order valence-electron chi connectivity index (χ0n) is 18.0. The van der Waals surface area contributed by atoms with Crippen LogP contribution in [-0.4, -0.2) is 69.3 Å². The van der Waals surface area contributed by atoms with E-state index in [4.69, 9.17) is 20.3 Å². The fourth-order valence-electron chi connectivity index (χ4n) is 3.37.